The molecular weight excluding hydrogens is 211 g/mol. The Morgan fingerprint density at radius 2 is 2.00 bits per heavy atom. The molecule has 0 bridgehead atoms. The molecule has 0 unspecified atom stereocenters. The zero-order valence-electron chi connectivity index (χ0n) is 7.76. The van der Waals surface area contributed by atoms with Gasteiger partial charge >= 0.3 is 6.36 Å². The summed E-state index contributed by atoms with van der Waals surface area (Å²) in [5.41, 5.74) is 4.83. The highest BCUT2D eigenvalue weighted by molar-refractivity contribution is 5.96. The number of para-hydroxylation sites is 1. The van der Waals surface area contributed by atoms with Gasteiger partial charge in [-0.2, -0.15) is 0 Å². The Kier molecular flexibility index (Phi) is 2.88. The van der Waals surface area contributed by atoms with Gasteiger partial charge in [-0.1, -0.05) is 12.1 Å². The quantitative estimate of drug-likeness (QED) is 0.826. The van der Waals surface area contributed by atoms with Gasteiger partial charge in [-0.3, -0.25) is 4.79 Å². The Bertz CT molecular complexity index is 387. The summed E-state index contributed by atoms with van der Waals surface area (Å²) in [5.74, 6) is -1.50. The number of hydrogen-bond donors (Lipinski definition) is 1. The summed E-state index contributed by atoms with van der Waals surface area (Å²) in [6.07, 6.45) is -4.84. The van der Waals surface area contributed by atoms with E-state index >= 15 is 0 Å². The van der Waals surface area contributed by atoms with Crippen LogP contribution < -0.4 is 10.5 Å². The molecule has 0 radical (unpaired) electrons. The third kappa shape index (κ3) is 2.87. The molecule has 1 aromatic carbocycles. The maximum Gasteiger partial charge on any atom is 0.573 e. The predicted octanol–water partition coefficient (Wildman–Crippen LogP) is 1.99. The number of rotatable bonds is 2. The molecule has 1 amide bonds. The van der Waals surface area contributed by atoms with Crippen LogP contribution in [-0.2, 0) is 0 Å². The molecule has 0 aliphatic carbocycles. The Morgan fingerprint density at radius 1 is 1.40 bits per heavy atom. The lowest BCUT2D eigenvalue weighted by Crippen LogP contribution is -2.21. The smallest absolute Gasteiger partial charge is 0.405 e. The van der Waals surface area contributed by atoms with Crippen molar-refractivity contribution in [2.75, 3.05) is 0 Å². The monoisotopic (exact) mass is 219 g/mol. The molecule has 2 N–H and O–H groups in total. The Balaban J connectivity index is 3.19. The first-order valence-electron chi connectivity index (χ1n) is 3.96. The summed E-state index contributed by atoms with van der Waals surface area (Å²) in [4.78, 5) is 10.8. The number of hydrogen-bond acceptors (Lipinski definition) is 2. The van der Waals surface area contributed by atoms with Crippen LogP contribution in [0.2, 0.25) is 0 Å². The first-order chi connectivity index (χ1) is 6.81. The number of nitrogens with two attached hydrogens (primary N) is 1. The topological polar surface area (TPSA) is 52.3 Å². The van der Waals surface area contributed by atoms with Crippen molar-refractivity contribution in [3.8, 4) is 5.75 Å². The van der Waals surface area contributed by atoms with Gasteiger partial charge in [0, 0.05) is 0 Å². The van der Waals surface area contributed by atoms with Crippen molar-refractivity contribution in [3.63, 3.8) is 0 Å². The van der Waals surface area contributed by atoms with Crippen molar-refractivity contribution in [3.05, 3.63) is 29.3 Å². The SMILES string of the molecule is Cc1cccc(C(N)=O)c1OC(F)(F)F. The third-order valence-electron chi connectivity index (χ3n) is 1.70. The highest BCUT2D eigenvalue weighted by atomic mass is 19.4. The number of amides is 1. The highest BCUT2D eigenvalue weighted by Crippen LogP contribution is 2.29. The fourth-order valence-electron chi connectivity index (χ4n) is 1.10. The van der Waals surface area contributed by atoms with Gasteiger partial charge in [0.25, 0.3) is 5.91 Å². The van der Waals surface area contributed by atoms with Crippen molar-refractivity contribution in [2.45, 2.75) is 13.3 Å². The maximum absolute atomic E-state index is 12.0. The average Bonchev–Trinajstić information content (AvgIpc) is 2.05. The Morgan fingerprint density at radius 3 is 2.47 bits per heavy atom. The highest BCUT2D eigenvalue weighted by Gasteiger charge is 2.33. The number of carbonyl (C=O) groups is 1. The first kappa shape index (κ1) is 11.4. The van der Waals surface area contributed by atoms with Gasteiger partial charge in [-0.15, -0.1) is 13.2 Å². The van der Waals surface area contributed by atoms with Gasteiger partial charge in [-0.05, 0) is 18.6 Å². The minimum atomic E-state index is -4.84. The summed E-state index contributed by atoms with van der Waals surface area (Å²) >= 11 is 0. The Labute approximate surface area is 83.6 Å². The van der Waals surface area contributed by atoms with E-state index in [1.54, 1.807) is 0 Å². The third-order valence-corrected chi connectivity index (χ3v) is 1.70. The number of benzene rings is 1. The van der Waals surface area contributed by atoms with E-state index in [9.17, 15) is 18.0 Å². The van der Waals surface area contributed by atoms with Crippen LogP contribution in [0, 0.1) is 6.92 Å². The lowest BCUT2D eigenvalue weighted by Gasteiger charge is -2.13. The number of ether oxygens (including phenoxy) is 1. The largest absolute Gasteiger partial charge is 0.573 e. The maximum atomic E-state index is 12.0. The molecule has 0 saturated carbocycles. The normalized spacial score (nSPS) is 11.2. The van der Waals surface area contributed by atoms with Gasteiger partial charge in [0.2, 0.25) is 0 Å². The molecule has 1 rings (SSSR count). The van der Waals surface area contributed by atoms with Crippen LogP contribution in [-0.4, -0.2) is 12.3 Å². The molecule has 15 heavy (non-hydrogen) atoms. The summed E-state index contributed by atoms with van der Waals surface area (Å²) in [6.45, 7) is 1.40. The van der Waals surface area contributed by atoms with Crippen LogP contribution in [0.25, 0.3) is 0 Å². The fourth-order valence-corrected chi connectivity index (χ4v) is 1.10. The zero-order chi connectivity index (χ0) is 11.6. The van der Waals surface area contributed by atoms with Gasteiger partial charge in [-0.25, -0.2) is 0 Å². The van der Waals surface area contributed by atoms with Crippen LogP contribution in [0.15, 0.2) is 18.2 Å². The van der Waals surface area contributed by atoms with E-state index < -0.39 is 18.0 Å². The molecule has 0 saturated heterocycles. The summed E-state index contributed by atoms with van der Waals surface area (Å²) in [5, 5.41) is 0. The average molecular weight is 219 g/mol. The number of carbonyl (C=O) groups excluding carboxylic acids is 1. The van der Waals surface area contributed by atoms with Crippen LogP contribution in [0.1, 0.15) is 15.9 Å². The van der Waals surface area contributed by atoms with E-state index in [-0.39, 0.29) is 11.1 Å². The van der Waals surface area contributed by atoms with Gasteiger partial charge < -0.3 is 10.5 Å². The number of alkyl halides is 3. The second-order valence-corrected chi connectivity index (χ2v) is 2.86. The van der Waals surface area contributed by atoms with Crippen LogP contribution in [0.3, 0.4) is 0 Å². The molecule has 3 nitrogen and oxygen atoms in total. The van der Waals surface area contributed by atoms with Gasteiger partial charge in [0.1, 0.15) is 5.75 Å². The number of halogens is 3. The molecule has 0 heterocycles. The van der Waals surface area contributed by atoms with Crippen LogP contribution in [0.4, 0.5) is 13.2 Å². The van der Waals surface area contributed by atoms with E-state index in [0.29, 0.717) is 0 Å². The van der Waals surface area contributed by atoms with Crippen LogP contribution in [0.5, 0.6) is 5.75 Å². The molecule has 0 spiro atoms. The molecule has 0 aliphatic heterocycles. The standard InChI is InChI=1S/C9H8F3NO2/c1-5-3-2-4-6(8(13)14)7(5)15-9(10,11)12/h2-4H,1H3,(H2,13,14). The van der Waals surface area contributed by atoms with Gasteiger partial charge in [0.05, 0.1) is 5.56 Å². The zero-order valence-corrected chi connectivity index (χ0v) is 7.76. The summed E-state index contributed by atoms with van der Waals surface area (Å²) in [6, 6.07) is 4.00. The van der Waals surface area contributed by atoms with Crippen molar-refractivity contribution in [1.29, 1.82) is 0 Å². The second kappa shape index (κ2) is 3.80. The molecule has 0 aliphatic rings. The summed E-state index contributed by atoms with van der Waals surface area (Å²) in [7, 11) is 0. The van der Waals surface area contributed by atoms with Crippen molar-refractivity contribution >= 4 is 5.91 Å². The molecule has 6 heteroatoms. The van der Waals surface area contributed by atoms with E-state index in [1.807, 2.05) is 0 Å². The molecule has 82 valence electrons. The lowest BCUT2D eigenvalue weighted by molar-refractivity contribution is -0.274. The molecule has 0 fully saturated rings. The van der Waals surface area contributed by atoms with Crippen molar-refractivity contribution < 1.29 is 22.7 Å². The molecule has 0 aromatic heterocycles. The number of primary amides is 1. The number of aryl methyl sites for hydroxylation is 1. The predicted molar refractivity (Wildman–Crippen MR) is 46.4 cm³/mol. The van der Waals surface area contributed by atoms with E-state index in [2.05, 4.69) is 4.74 Å². The van der Waals surface area contributed by atoms with Crippen LogP contribution >= 0.6 is 0 Å². The lowest BCUT2D eigenvalue weighted by atomic mass is 10.1. The van der Waals surface area contributed by atoms with Crippen molar-refractivity contribution in [1.82, 2.24) is 0 Å². The van der Waals surface area contributed by atoms with Crippen molar-refractivity contribution in [2.24, 2.45) is 5.73 Å². The minimum absolute atomic E-state index is 0.198. The summed E-state index contributed by atoms with van der Waals surface area (Å²) < 4.78 is 39.7. The first-order valence-corrected chi connectivity index (χ1v) is 3.96. The molecule has 1 aromatic rings. The van der Waals surface area contributed by atoms with E-state index in [1.165, 1.54) is 25.1 Å². The van der Waals surface area contributed by atoms with Gasteiger partial charge in [0.15, 0.2) is 0 Å². The Hall–Kier alpha value is -1.72. The molecular formula is C9H8F3NO2. The fraction of sp³-hybridized carbons (Fsp3) is 0.222. The van der Waals surface area contributed by atoms with E-state index in [4.69, 9.17) is 5.73 Å². The molecule has 0 atom stereocenters. The minimum Gasteiger partial charge on any atom is -0.405 e. The second-order valence-electron chi connectivity index (χ2n) is 2.86. The van der Waals surface area contributed by atoms with E-state index in [0.717, 1.165) is 0 Å².